The Morgan fingerprint density at radius 2 is 1.23 bits per heavy atom. The van der Waals surface area contributed by atoms with Crippen molar-refractivity contribution in [3.05, 3.63) is 205 Å². The van der Waals surface area contributed by atoms with Crippen LogP contribution in [0.2, 0.25) is 15.1 Å². The summed E-state index contributed by atoms with van der Waals surface area (Å²) in [5.41, 5.74) is 5.32. The monoisotopic (exact) mass is 1830 g/mol. The lowest BCUT2D eigenvalue weighted by Gasteiger charge is -2.48. The molecule has 7 aliphatic heterocycles. The number of aryl methyl sites for hydroxylation is 3. The molecule has 676 valence electrons. The zero-order valence-corrected chi connectivity index (χ0v) is 71.9. The molecule has 7 aliphatic rings. The average molecular weight is 1830 g/mol. The minimum atomic E-state index is -4.79. The van der Waals surface area contributed by atoms with Crippen LogP contribution < -0.4 is 57.2 Å². The quantitative estimate of drug-likeness (QED) is 0.0338. The number of phenols is 3. The molecule has 7 heterocycles. The molecule has 38 heteroatoms. The molecule has 10 unspecified atom stereocenters. The van der Waals surface area contributed by atoms with Crippen molar-refractivity contribution < 1.29 is 125 Å². The van der Waals surface area contributed by atoms with Gasteiger partial charge in [0.05, 0.1) is 40.2 Å². The Bertz CT molecular complexity index is 5680. The third-order valence-electron chi connectivity index (χ3n) is 22.5. The molecule has 0 radical (unpaired) electrons. The molecule has 2 fully saturated rings. The van der Waals surface area contributed by atoms with Crippen molar-refractivity contribution in [2.45, 2.75) is 197 Å². The van der Waals surface area contributed by atoms with Crippen molar-refractivity contribution in [1.82, 2.24) is 37.2 Å². The number of halogens is 3. The standard InChI is InChI=1S/C88H93Cl3N8O26S.CH4/c1-37(2)23-41(6)80(109)98-70-72(104)47-16-21-59(54(90)27-47)121-61-29-49-30-62(76(61)125-87-77(75(107)74(106)63(123-87)36-119-126(117,118)78-39(4)24-38(3)25-40(78)5)124-65-34-88(8,79(108)42(7)120-65)93-35-43-9-11-44(12-10-43)45-13-18-50(89)19-14-45)122-60-22-17-48(28-55(60)91)73(105)71-85(114)97-69(86(115)116)53-31-51(100)32-58(102)66(53)52-26-46(15-20-57(52)101)67(82(111)99-71)96-83(112)68(49)95-81(110)56(33-64(92)103)94-84(70)113;/h9-22,24-32,37,41-42,56,63,65,67-75,77,79,87,93,100-102,104-108H,23,33-36H2,1-8H3,(H2,92,103)(H,94,113)(H,95,110)(H,96,112)(H,97,114)(H,98,109)(H,99,111)(H,115,116);1H4/t41-,42?,56-,63?,65?,67?,68+,69+,70+,71-,72+,73+,74?,75?,77?,79?,87?,88?;/m0./s1. The molecule has 8 aromatic rings. The van der Waals surface area contributed by atoms with Gasteiger partial charge in [0.1, 0.15) is 89.5 Å². The van der Waals surface area contributed by atoms with Crippen LogP contribution in [-0.2, 0) is 73.4 Å². The molecule has 18 N–H and O–H groups in total. The van der Waals surface area contributed by atoms with Gasteiger partial charge in [-0.2, -0.15) is 8.42 Å². The number of aliphatic hydroxyl groups is 5. The molecule has 2 saturated heterocycles. The summed E-state index contributed by atoms with van der Waals surface area (Å²) in [6, 6.07) is 18.0. The van der Waals surface area contributed by atoms with Crippen molar-refractivity contribution in [2.24, 2.45) is 17.6 Å². The summed E-state index contributed by atoms with van der Waals surface area (Å²) in [5.74, 6) is -17.3. The van der Waals surface area contributed by atoms with Gasteiger partial charge >= 0.3 is 5.97 Å². The first-order valence-corrected chi connectivity index (χ1v) is 42.5. The predicted molar refractivity (Wildman–Crippen MR) is 459 cm³/mol. The number of carbonyl (C=O) groups is 8. The number of nitrogens with two attached hydrogens (primary N) is 1. The summed E-state index contributed by atoms with van der Waals surface area (Å²) in [6.45, 7) is 12.4. The maximum Gasteiger partial charge on any atom is 0.330 e. The van der Waals surface area contributed by atoms with E-state index in [2.05, 4.69) is 37.2 Å². The Morgan fingerprint density at radius 1 is 0.646 bits per heavy atom. The molecule has 0 aromatic heterocycles. The SMILES string of the molecule is C.Cc1cc(C)c(S(=O)(=O)OCC2OC(Oc3c4cc5cc3Oc3ccc(cc3Cl)[C@@H](O)[C@@H](NC(=O)[C@@H](C)CC(C)C)C(=O)N[C@@H](CC(N)=O)C(=O)N[C@H]5C(=O)NC3C(=O)N[C@H](C(=O)N[C@@H](C(=O)O)c5cc(O)cc(O)c5-c5cc3ccc5O)[C@H](O)c3ccc(c(Cl)c3)O4)C(OC3CC(C)(NCc4ccc(-c5ccc(Cl)cc5)cc4)C(O)C(C)O3)C(O)C2O)c(C)c1. The third kappa shape index (κ3) is 20.8. The zero-order chi connectivity index (χ0) is 91.1. The van der Waals surface area contributed by atoms with Crippen LogP contribution in [0.1, 0.15) is 142 Å². The van der Waals surface area contributed by atoms with Crippen LogP contribution in [0.5, 0.6) is 46.0 Å². The van der Waals surface area contributed by atoms with Gasteiger partial charge in [-0.1, -0.05) is 135 Å². The van der Waals surface area contributed by atoms with E-state index in [4.69, 9.17) is 73.1 Å². The van der Waals surface area contributed by atoms with Crippen molar-refractivity contribution in [3.8, 4) is 68.2 Å². The second-order valence-electron chi connectivity index (χ2n) is 32.5. The molecular weight excluding hydrogens is 1740 g/mol. The Hall–Kier alpha value is -11.3. The number of phenolic OH excluding ortho intramolecular Hbond substituents is 3. The van der Waals surface area contributed by atoms with E-state index in [1.54, 1.807) is 52.0 Å². The highest BCUT2D eigenvalue weighted by Gasteiger charge is 2.53. The number of nitrogens with one attached hydrogen (secondary N) is 7. The van der Waals surface area contributed by atoms with Crippen molar-refractivity contribution in [2.75, 3.05) is 6.61 Å². The fourth-order valence-corrected chi connectivity index (χ4v) is 18.1. The predicted octanol–water partition coefficient (Wildman–Crippen LogP) is 8.28. The number of aromatic hydroxyl groups is 3. The van der Waals surface area contributed by atoms with Crippen molar-refractivity contribution in [1.29, 1.82) is 0 Å². The highest BCUT2D eigenvalue weighted by molar-refractivity contribution is 7.86. The number of carbonyl (C=O) groups excluding carboxylic acids is 7. The van der Waals surface area contributed by atoms with Gasteiger partial charge in [-0.05, 0) is 164 Å². The number of hydrogen-bond acceptors (Lipinski definition) is 26. The maximum absolute atomic E-state index is 16.4. The Morgan fingerprint density at radius 3 is 1.83 bits per heavy atom. The van der Waals surface area contributed by atoms with Crippen LogP contribution in [0.3, 0.4) is 0 Å². The number of primary amides is 1. The number of aliphatic carboxylic acids is 1. The summed E-state index contributed by atoms with van der Waals surface area (Å²) >= 11 is 20.6. The van der Waals surface area contributed by atoms with E-state index in [0.717, 1.165) is 83.4 Å². The van der Waals surface area contributed by atoms with E-state index < -0.39 is 258 Å². The average Bonchev–Trinajstić information content (AvgIpc) is 0.745. The zero-order valence-electron chi connectivity index (χ0n) is 68.8. The van der Waals surface area contributed by atoms with Crippen LogP contribution in [0, 0.1) is 32.6 Å². The fraction of sp³-hybridized carbons (Fsp3) is 0.371. The normalized spacial score (nSPS) is 25.8. The first-order chi connectivity index (χ1) is 59.5. The summed E-state index contributed by atoms with van der Waals surface area (Å²) in [4.78, 5) is 118. The molecular formula is C89H97Cl3N8O26S. The van der Waals surface area contributed by atoms with Gasteiger partial charge in [0.25, 0.3) is 10.1 Å². The van der Waals surface area contributed by atoms with Gasteiger partial charge in [-0.15, -0.1) is 0 Å². The Balaban J connectivity index is 0.0000146. The molecule has 34 nitrogen and oxygen atoms in total. The second kappa shape index (κ2) is 38.7. The van der Waals surface area contributed by atoms with Crippen LogP contribution in [-0.4, -0.2) is 181 Å². The summed E-state index contributed by atoms with van der Waals surface area (Å²) in [5, 5.41) is 125. The van der Waals surface area contributed by atoms with Gasteiger partial charge in [-0.3, -0.25) is 37.7 Å². The van der Waals surface area contributed by atoms with E-state index >= 15 is 24.0 Å². The smallest absolute Gasteiger partial charge is 0.330 e. The molecule has 8 aromatic carbocycles. The Kier molecular flexibility index (Phi) is 28.9. The van der Waals surface area contributed by atoms with Crippen LogP contribution in [0.4, 0.5) is 0 Å². The van der Waals surface area contributed by atoms with Gasteiger partial charge in [0, 0.05) is 52.2 Å². The highest BCUT2D eigenvalue weighted by atomic mass is 35.5. The van der Waals surface area contributed by atoms with Crippen molar-refractivity contribution >= 4 is 92.2 Å². The second-order valence-corrected chi connectivity index (χ2v) is 35.3. The number of carboxylic acid groups (broad SMARTS) is 1. The fourth-order valence-electron chi connectivity index (χ4n) is 16.2. The number of ether oxygens (including phenoxy) is 6. The van der Waals surface area contributed by atoms with Gasteiger partial charge in [-0.25, -0.2) is 4.79 Å². The minimum Gasteiger partial charge on any atom is -0.508 e. The summed E-state index contributed by atoms with van der Waals surface area (Å²) < 4.78 is 75.0. The largest absolute Gasteiger partial charge is 0.508 e. The molecule has 127 heavy (non-hydrogen) atoms. The molecule has 7 amide bonds. The molecule has 18 atom stereocenters. The number of benzene rings is 8. The molecule has 0 spiro atoms. The van der Waals surface area contributed by atoms with E-state index in [1.165, 1.54) is 26.0 Å². The van der Waals surface area contributed by atoms with Gasteiger partial charge in [0.2, 0.25) is 53.4 Å². The lowest BCUT2D eigenvalue weighted by Crippen LogP contribution is -2.65. The Labute approximate surface area is 744 Å². The van der Waals surface area contributed by atoms with Crippen LogP contribution >= 0.6 is 34.8 Å². The third-order valence-corrected chi connectivity index (χ3v) is 25.0. The maximum atomic E-state index is 16.4. The first kappa shape index (κ1) is 94.9. The molecule has 0 saturated carbocycles. The first-order valence-electron chi connectivity index (χ1n) is 40.0. The molecule has 15 rings (SSSR count). The highest BCUT2D eigenvalue weighted by Crippen LogP contribution is 2.50. The lowest BCUT2D eigenvalue weighted by molar-refractivity contribution is -0.334. The number of rotatable bonds is 19. The number of hydrogen-bond donors (Lipinski definition) is 17. The number of fused-ring (bicyclic) bond motifs is 15. The minimum absolute atomic E-state index is 0. The molecule has 11 bridgehead atoms. The summed E-state index contributed by atoms with van der Waals surface area (Å²) in [7, 11) is -4.79. The van der Waals surface area contributed by atoms with E-state index in [0.29, 0.717) is 10.6 Å². The number of amides is 7. The van der Waals surface area contributed by atoms with Gasteiger partial charge in [0.15, 0.2) is 29.9 Å². The van der Waals surface area contributed by atoms with E-state index in [1.807, 2.05) is 50.2 Å². The van der Waals surface area contributed by atoms with E-state index in [9.17, 15) is 68.8 Å². The van der Waals surface area contributed by atoms with Crippen LogP contribution in [0.25, 0.3) is 22.3 Å². The molecule has 0 aliphatic carbocycles. The lowest BCUT2D eigenvalue weighted by atomic mass is 9.84. The summed E-state index contributed by atoms with van der Waals surface area (Å²) in [6.07, 6.45) is -19.9. The number of carboxylic acids is 1. The number of aliphatic hydroxyl groups excluding tert-OH is 5. The van der Waals surface area contributed by atoms with Gasteiger partial charge < -0.3 is 117 Å². The topological polar surface area (TPSA) is 528 Å². The van der Waals surface area contributed by atoms with Crippen LogP contribution in [0.15, 0.2) is 144 Å². The van der Waals surface area contributed by atoms with E-state index in [-0.39, 0.29) is 65.4 Å². The van der Waals surface area contributed by atoms with Crippen molar-refractivity contribution in [3.63, 3.8) is 0 Å².